The van der Waals surface area contributed by atoms with Gasteiger partial charge in [0.05, 0.1) is 6.54 Å². The number of nitrogens with zero attached hydrogens (tertiary/aromatic N) is 1. The van der Waals surface area contributed by atoms with Crippen LogP contribution in [0.25, 0.3) is 0 Å². The summed E-state index contributed by atoms with van der Waals surface area (Å²) in [5.41, 5.74) is 0. The normalized spacial score (nSPS) is 9.50. The Morgan fingerprint density at radius 1 is 1.64 bits per heavy atom. The largest absolute Gasteiger partial charge is 0.476 e. The smallest absolute Gasteiger partial charge is 0.404 e. The van der Waals surface area contributed by atoms with E-state index in [1.54, 1.807) is 12.3 Å². The van der Waals surface area contributed by atoms with E-state index in [-0.39, 0.29) is 13.2 Å². The van der Waals surface area contributed by atoms with E-state index in [1.807, 2.05) is 6.07 Å². The second kappa shape index (κ2) is 5.63. The lowest BCUT2D eigenvalue weighted by atomic mass is 10.5. The van der Waals surface area contributed by atoms with Crippen molar-refractivity contribution in [2.45, 2.75) is 0 Å². The van der Waals surface area contributed by atoms with E-state index < -0.39 is 6.09 Å². The van der Waals surface area contributed by atoms with Gasteiger partial charge in [0.25, 0.3) is 0 Å². The third-order valence-corrected chi connectivity index (χ3v) is 1.97. The first-order valence-electron chi connectivity index (χ1n) is 3.89. The van der Waals surface area contributed by atoms with E-state index >= 15 is 0 Å². The van der Waals surface area contributed by atoms with Gasteiger partial charge in [0.2, 0.25) is 5.88 Å². The third kappa shape index (κ3) is 4.26. The molecule has 0 aromatic carbocycles. The summed E-state index contributed by atoms with van der Waals surface area (Å²) in [6.45, 7) is 0.531. The van der Waals surface area contributed by atoms with Crippen molar-refractivity contribution in [2.75, 3.05) is 13.2 Å². The highest BCUT2D eigenvalue weighted by atomic mass is 127. The molecule has 0 aliphatic rings. The molecule has 14 heavy (non-hydrogen) atoms. The van der Waals surface area contributed by atoms with Crippen molar-refractivity contribution in [1.82, 2.24) is 10.3 Å². The highest BCUT2D eigenvalue weighted by molar-refractivity contribution is 14.1. The van der Waals surface area contributed by atoms with Crippen LogP contribution in [0.2, 0.25) is 0 Å². The van der Waals surface area contributed by atoms with Crippen molar-refractivity contribution in [3.8, 4) is 5.88 Å². The van der Waals surface area contributed by atoms with Crippen LogP contribution in [-0.2, 0) is 0 Å². The quantitative estimate of drug-likeness (QED) is 0.650. The first-order valence-corrected chi connectivity index (χ1v) is 4.97. The van der Waals surface area contributed by atoms with Crippen LogP contribution in [0.15, 0.2) is 18.3 Å². The zero-order valence-corrected chi connectivity index (χ0v) is 9.39. The summed E-state index contributed by atoms with van der Waals surface area (Å²) in [6, 6.07) is 3.61. The number of carbonyl (C=O) groups is 1. The average Bonchev–Trinajstić information content (AvgIpc) is 2.15. The molecule has 1 heterocycles. The Hall–Kier alpha value is -1.05. The third-order valence-electron chi connectivity index (χ3n) is 1.33. The summed E-state index contributed by atoms with van der Waals surface area (Å²) in [5, 5.41) is 10.5. The molecule has 1 aromatic rings. The highest BCUT2D eigenvalue weighted by Gasteiger charge is 1.96. The summed E-state index contributed by atoms with van der Waals surface area (Å²) in [7, 11) is 0. The van der Waals surface area contributed by atoms with Crippen molar-refractivity contribution >= 4 is 28.7 Å². The monoisotopic (exact) mass is 308 g/mol. The fourth-order valence-electron chi connectivity index (χ4n) is 0.761. The molecule has 0 saturated heterocycles. The number of nitrogens with one attached hydrogen (secondary N) is 1. The Morgan fingerprint density at radius 3 is 3.00 bits per heavy atom. The number of ether oxygens (including phenoxy) is 1. The van der Waals surface area contributed by atoms with E-state index in [0.29, 0.717) is 5.88 Å². The van der Waals surface area contributed by atoms with Crippen LogP contribution in [0, 0.1) is 3.57 Å². The van der Waals surface area contributed by atoms with E-state index in [0.717, 1.165) is 3.57 Å². The fraction of sp³-hybridized carbons (Fsp3) is 0.250. The summed E-state index contributed by atoms with van der Waals surface area (Å²) in [5.74, 6) is 0.498. The van der Waals surface area contributed by atoms with Crippen LogP contribution in [0.1, 0.15) is 0 Å². The summed E-state index contributed by atoms with van der Waals surface area (Å²) >= 11 is 2.14. The SMILES string of the molecule is O=C(O)NCCOc1ccc(I)cn1. The van der Waals surface area contributed by atoms with Gasteiger partial charge in [-0.15, -0.1) is 0 Å². The topological polar surface area (TPSA) is 71.5 Å². The van der Waals surface area contributed by atoms with Gasteiger partial charge in [0.1, 0.15) is 6.61 Å². The summed E-state index contributed by atoms with van der Waals surface area (Å²) < 4.78 is 6.20. The molecule has 0 unspecified atom stereocenters. The maximum Gasteiger partial charge on any atom is 0.404 e. The van der Waals surface area contributed by atoms with Gasteiger partial charge in [-0.1, -0.05) is 0 Å². The number of pyridine rings is 1. The average molecular weight is 308 g/mol. The van der Waals surface area contributed by atoms with E-state index in [4.69, 9.17) is 9.84 Å². The number of carboxylic acid groups (broad SMARTS) is 1. The number of aromatic nitrogens is 1. The lowest BCUT2D eigenvalue weighted by Crippen LogP contribution is -2.26. The predicted octanol–water partition coefficient (Wildman–Crippen LogP) is 1.33. The second-order valence-electron chi connectivity index (χ2n) is 2.40. The van der Waals surface area contributed by atoms with E-state index in [2.05, 4.69) is 32.9 Å². The molecule has 1 aromatic heterocycles. The molecule has 0 spiro atoms. The minimum Gasteiger partial charge on any atom is -0.476 e. The molecule has 0 aliphatic heterocycles. The van der Waals surface area contributed by atoms with E-state index in [9.17, 15) is 4.79 Å². The number of amides is 1. The van der Waals surface area contributed by atoms with Gasteiger partial charge in [0.15, 0.2) is 0 Å². The number of rotatable bonds is 4. The van der Waals surface area contributed by atoms with Crippen LogP contribution < -0.4 is 10.1 Å². The van der Waals surface area contributed by atoms with Gasteiger partial charge in [-0.25, -0.2) is 9.78 Å². The van der Waals surface area contributed by atoms with Gasteiger partial charge in [-0.3, -0.25) is 0 Å². The zero-order valence-electron chi connectivity index (χ0n) is 7.24. The predicted molar refractivity (Wildman–Crippen MR) is 58.5 cm³/mol. The lowest BCUT2D eigenvalue weighted by Gasteiger charge is -2.04. The molecule has 6 heteroatoms. The van der Waals surface area contributed by atoms with Crippen LogP contribution in [-0.4, -0.2) is 29.3 Å². The molecular formula is C8H9IN2O3. The Kier molecular flexibility index (Phi) is 4.44. The Balaban J connectivity index is 2.25. The summed E-state index contributed by atoms with van der Waals surface area (Å²) in [6.07, 6.45) is 0.629. The molecule has 76 valence electrons. The Morgan fingerprint density at radius 2 is 2.43 bits per heavy atom. The highest BCUT2D eigenvalue weighted by Crippen LogP contribution is 2.08. The van der Waals surface area contributed by atoms with Crippen LogP contribution >= 0.6 is 22.6 Å². The Labute approximate surface area is 94.6 Å². The number of halogens is 1. The molecule has 0 bridgehead atoms. The van der Waals surface area contributed by atoms with Crippen LogP contribution in [0.5, 0.6) is 5.88 Å². The van der Waals surface area contributed by atoms with Crippen LogP contribution in [0.3, 0.4) is 0 Å². The van der Waals surface area contributed by atoms with E-state index in [1.165, 1.54) is 0 Å². The summed E-state index contributed by atoms with van der Waals surface area (Å²) in [4.78, 5) is 14.1. The van der Waals surface area contributed by atoms with Crippen molar-refractivity contribution in [3.05, 3.63) is 21.9 Å². The Bertz CT molecular complexity index is 302. The molecule has 5 nitrogen and oxygen atoms in total. The standard InChI is InChI=1S/C8H9IN2O3/c9-6-1-2-7(11-5-6)14-4-3-10-8(12)13/h1-2,5,10H,3-4H2,(H,12,13). The molecule has 1 rings (SSSR count). The van der Waals surface area contributed by atoms with Gasteiger partial charge in [-0.05, 0) is 28.7 Å². The lowest BCUT2D eigenvalue weighted by molar-refractivity contribution is 0.190. The van der Waals surface area contributed by atoms with Gasteiger partial charge < -0.3 is 15.2 Å². The molecule has 0 radical (unpaired) electrons. The first kappa shape index (κ1) is 11.0. The first-order chi connectivity index (χ1) is 6.68. The maximum atomic E-state index is 10.1. The minimum absolute atomic E-state index is 0.253. The molecule has 0 atom stereocenters. The van der Waals surface area contributed by atoms with Crippen LogP contribution in [0.4, 0.5) is 4.79 Å². The molecule has 1 amide bonds. The molecule has 0 aliphatic carbocycles. The van der Waals surface area contributed by atoms with Crippen molar-refractivity contribution in [2.24, 2.45) is 0 Å². The molecule has 0 saturated carbocycles. The molecule has 0 fully saturated rings. The van der Waals surface area contributed by atoms with Gasteiger partial charge in [-0.2, -0.15) is 0 Å². The molecular weight excluding hydrogens is 299 g/mol. The minimum atomic E-state index is -1.05. The van der Waals surface area contributed by atoms with Crippen molar-refractivity contribution in [3.63, 3.8) is 0 Å². The van der Waals surface area contributed by atoms with Gasteiger partial charge in [0, 0.05) is 15.8 Å². The molecule has 2 N–H and O–H groups in total. The fourth-order valence-corrected chi connectivity index (χ4v) is 1.08. The van der Waals surface area contributed by atoms with Crippen molar-refractivity contribution in [1.29, 1.82) is 0 Å². The maximum absolute atomic E-state index is 10.1. The van der Waals surface area contributed by atoms with Gasteiger partial charge >= 0.3 is 6.09 Å². The second-order valence-corrected chi connectivity index (χ2v) is 3.64. The zero-order chi connectivity index (χ0) is 10.4. The van der Waals surface area contributed by atoms with Crippen molar-refractivity contribution < 1.29 is 14.6 Å². The number of hydrogen-bond acceptors (Lipinski definition) is 3. The number of hydrogen-bond donors (Lipinski definition) is 2.